The molecule has 0 fully saturated rings. The number of esters is 1. The maximum Gasteiger partial charge on any atom is 0.408 e. The fourth-order valence-corrected chi connectivity index (χ4v) is 1.78. The molecule has 0 heterocycles. The van der Waals surface area contributed by atoms with Crippen molar-refractivity contribution < 1.29 is 26.6 Å². The van der Waals surface area contributed by atoms with Crippen LogP contribution in [0.2, 0.25) is 0 Å². The summed E-state index contributed by atoms with van der Waals surface area (Å²) >= 11 is 0. The number of nitrogens with zero attached hydrogens (tertiary/aromatic N) is 1. The van der Waals surface area contributed by atoms with Crippen molar-refractivity contribution in [3.63, 3.8) is 0 Å². The first kappa shape index (κ1) is 17.3. The molecule has 0 saturated carbocycles. The lowest BCUT2D eigenvalue weighted by molar-refractivity contribution is -0.149. The van der Waals surface area contributed by atoms with Gasteiger partial charge in [-0.25, -0.2) is 9.59 Å². The zero-order valence-electron chi connectivity index (χ0n) is 16.8. The van der Waals surface area contributed by atoms with Gasteiger partial charge >= 0.3 is 12.1 Å². The first-order chi connectivity index (χ1) is 12.7. The molecule has 0 bridgehead atoms. The van der Waals surface area contributed by atoms with E-state index in [-0.39, 0.29) is 6.61 Å². The number of hydrogen-bond acceptors (Lipinski definition) is 5. The smallest absolute Gasteiger partial charge is 0.408 e. The predicted octanol–water partition coefficient (Wildman–Crippen LogP) is 2.10. The standard InChI is InChI=1S/C18H26N2O5/c1-18(2,3)25-17(23)19-14(11-15(21)20(4)5)16(22)24-12-13-9-7-6-8-10-13/h6-10,14H,11-12H2,1-5H3,(H,19,23)/t14-/m0/s1/i4D,5D. The zero-order chi connectivity index (χ0) is 20.4. The summed E-state index contributed by atoms with van der Waals surface area (Å²) in [5.41, 5.74) is -0.0202. The molecule has 0 radical (unpaired) electrons. The summed E-state index contributed by atoms with van der Waals surface area (Å²) in [4.78, 5) is 37.5. The van der Waals surface area contributed by atoms with Crippen molar-refractivity contribution in [1.29, 1.82) is 0 Å². The molecule has 1 atom stereocenters. The van der Waals surface area contributed by atoms with Gasteiger partial charge in [0.15, 0.2) is 0 Å². The number of hydrogen-bond donors (Lipinski definition) is 1. The van der Waals surface area contributed by atoms with Crippen molar-refractivity contribution in [2.75, 3.05) is 14.0 Å². The molecule has 0 unspecified atom stereocenters. The van der Waals surface area contributed by atoms with Crippen LogP contribution in [-0.4, -0.2) is 48.6 Å². The van der Waals surface area contributed by atoms with E-state index < -0.39 is 50.1 Å². The van der Waals surface area contributed by atoms with Gasteiger partial charge in [0.1, 0.15) is 18.2 Å². The van der Waals surface area contributed by atoms with E-state index in [9.17, 15) is 14.4 Å². The maximum atomic E-state index is 12.4. The van der Waals surface area contributed by atoms with E-state index >= 15 is 0 Å². The molecular formula is C18H26N2O5. The number of rotatable bonds is 6. The number of ether oxygens (including phenoxy) is 2. The van der Waals surface area contributed by atoms with Crippen molar-refractivity contribution in [2.45, 2.75) is 45.4 Å². The van der Waals surface area contributed by atoms with Crippen molar-refractivity contribution in [3.8, 4) is 0 Å². The van der Waals surface area contributed by atoms with Gasteiger partial charge in [-0.2, -0.15) is 0 Å². The molecule has 1 N–H and O–H groups in total. The molecule has 0 aromatic heterocycles. The van der Waals surface area contributed by atoms with E-state index in [1.807, 2.05) is 6.07 Å². The number of amides is 2. The SMILES string of the molecule is [2H]CN(C[2H])C(=O)C[C@H](NC(=O)OC(C)(C)C)C(=O)OCc1ccccc1. The van der Waals surface area contributed by atoms with Crippen LogP contribution >= 0.6 is 0 Å². The summed E-state index contributed by atoms with van der Waals surface area (Å²) in [6.07, 6.45) is -1.29. The summed E-state index contributed by atoms with van der Waals surface area (Å²) in [5, 5.41) is 2.34. The largest absolute Gasteiger partial charge is 0.459 e. The highest BCUT2D eigenvalue weighted by Crippen LogP contribution is 2.09. The van der Waals surface area contributed by atoms with Gasteiger partial charge in [-0.1, -0.05) is 30.3 Å². The minimum atomic E-state index is -1.28. The molecule has 7 nitrogen and oxygen atoms in total. The molecule has 2 amide bonds. The van der Waals surface area contributed by atoms with Crippen LogP contribution in [-0.2, 0) is 25.7 Å². The third-order valence-corrected chi connectivity index (χ3v) is 2.93. The van der Waals surface area contributed by atoms with Gasteiger partial charge in [0, 0.05) is 16.8 Å². The zero-order valence-corrected chi connectivity index (χ0v) is 14.8. The van der Waals surface area contributed by atoms with Gasteiger partial charge in [0.2, 0.25) is 5.91 Å². The topological polar surface area (TPSA) is 84.9 Å². The second-order valence-electron chi connectivity index (χ2n) is 6.43. The van der Waals surface area contributed by atoms with Gasteiger partial charge < -0.3 is 19.7 Å². The van der Waals surface area contributed by atoms with Crippen molar-refractivity contribution in [3.05, 3.63) is 35.9 Å². The third-order valence-electron chi connectivity index (χ3n) is 2.93. The van der Waals surface area contributed by atoms with Gasteiger partial charge in [0.25, 0.3) is 0 Å². The second-order valence-corrected chi connectivity index (χ2v) is 6.43. The Morgan fingerprint density at radius 2 is 1.84 bits per heavy atom. The number of benzene rings is 1. The van der Waals surface area contributed by atoms with Gasteiger partial charge in [-0.15, -0.1) is 0 Å². The fraction of sp³-hybridized carbons (Fsp3) is 0.500. The summed E-state index contributed by atoms with van der Waals surface area (Å²) in [7, 11) is -0.832. The quantitative estimate of drug-likeness (QED) is 0.793. The highest BCUT2D eigenvalue weighted by atomic mass is 16.6. The van der Waals surface area contributed by atoms with E-state index in [1.165, 1.54) is 0 Å². The maximum absolute atomic E-state index is 12.4. The summed E-state index contributed by atoms with van der Waals surface area (Å²) in [6.45, 7) is 4.99. The fourth-order valence-electron chi connectivity index (χ4n) is 1.78. The van der Waals surface area contributed by atoms with E-state index in [1.54, 1.807) is 45.0 Å². The van der Waals surface area contributed by atoms with Crippen LogP contribution in [0.4, 0.5) is 4.79 Å². The summed E-state index contributed by atoms with van der Waals surface area (Å²) in [5.74, 6) is -1.41. The molecule has 0 aliphatic carbocycles. The highest BCUT2D eigenvalue weighted by molar-refractivity contribution is 5.87. The van der Waals surface area contributed by atoms with Crippen LogP contribution in [0.5, 0.6) is 0 Å². The van der Waals surface area contributed by atoms with Crippen molar-refractivity contribution in [2.24, 2.45) is 0 Å². The lowest BCUT2D eigenvalue weighted by Crippen LogP contribution is -2.46. The average molecular weight is 352 g/mol. The number of carbonyl (C=O) groups is 3. The average Bonchev–Trinajstić information content (AvgIpc) is 2.59. The predicted molar refractivity (Wildman–Crippen MR) is 92.7 cm³/mol. The molecule has 138 valence electrons. The van der Waals surface area contributed by atoms with Crippen LogP contribution in [0.3, 0.4) is 0 Å². The van der Waals surface area contributed by atoms with E-state index in [2.05, 4.69) is 5.32 Å². The third kappa shape index (κ3) is 8.19. The second kappa shape index (κ2) is 9.05. The lowest BCUT2D eigenvalue weighted by atomic mass is 10.2. The Balaban J connectivity index is 2.80. The minimum absolute atomic E-state index is 0.0129. The Labute approximate surface area is 151 Å². The van der Waals surface area contributed by atoms with E-state index in [4.69, 9.17) is 12.2 Å². The lowest BCUT2D eigenvalue weighted by Gasteiger charge is -2.23. The number of nitrogens with one attached hydrogen (secondary N) is 1. The van der Waals surface area contributed by atoms with Crippen LogP contribution < -0.4 is 5.32 Å². The monoisotopic (exact) mass is 352 g/mol. The Bertz CT molecular complexity index is 630. The van der Waals surface area contributed by atoms with Crippen LogP contribution in [0, 0.1) is 0 Å². The van der Waals surface area contributed by atoms with Crippen molar-refractivity contribution >= 4 is 18.0 Å². The molecule has 0 aliphatic heterocycles. The van der Waals surface area contributed by atoms with Crippen LogP contribution in [0.25, 0.3) is 0 Å². The van der Waals surface area contributed by atoms with Crippen LogP contribution in [0.1, 0.15) is 35.5 Å². The molecule has 0 aliphatic rings. The minimum Gasteiger partial charge on any atom is -0.459 e. The molecule has 1 rings (SSSR count). The Morgan fingerprint density at radius 3 is 2.40 bits per heavy atom. The van der Waals surface area contributed by atoms with E-state index in [0.717, 1.165) is 10.5 Å². The summed E-state index contributed by atoms with van der Waals surface area (Å²) < 4.78 is 24.8. The van der Waals surface area contributed by atoms with Crippen LogP contribution in [0.15, 0.2) is 30.3 Å². The molecular weight excluding hydrogens is 324 g/mol. The van der Waals surface area contributed by atoms with Crippen molar-refractivity contribution in [1.82, 2.24) is 10.2 Å². The molecule has 25 heavy (non-hydrogen) atoms. The normalized spacial score (nSPS) is 13.1. The first-order valence-electron chi connectivity index (χ1n) is 9.14. The first-order valence-corrected chi connectivity index (χ1v) is 7.72. The molecule has 1 aromatic rings. The van der Waals surface area contributed by atoms with E-state index in [0.29, 0.717) is 0 Å². The molecule has 1 aromatic carbocycles. The van der Waals surface area contributed by atoms with Gasteiger partial charge in [0.05, 0.1) is 6.42 Å². The highest BCUT2D eigenvalue weighted by Gasteiger charge is 2.28. The molecule has 7 heteroatoms. The Morgan fingerprint density at radius 1 is 1.20 bits per heavy atom. The Hall–Kier alpha value is -2.57. The number of carbonyl (C=O) groups excluding carboxylic acids is 3. The molecule has 0 saturated heterocycles. The molecule has 0 spiro atoms. The summed E-state index contributed by atoms with van der Waals surface area (Å²) in [6, 6.07) is 7.68. The van der Waals surface area contributed by atoms with Gasteiger partial charge in [-0.3, -0.25) is 4.79 Å². The Kier molecular flexibility index (Phi) is 6.25. The number of alkyl carbamates (subject to hydrolysis) is 1. The van der Waals surface area contributed by atoms with Gasteiger partial charge in [-0.05, 0) is 26.3 Å².